The molecule has 0 aliphatic heterocycles. The van der Waals surface area contributed by atoms with E-state index in [1.54, 1.807) is 6.07 Å². The molecule has 0 fully saturated rings. The summed E-state index contributed by atoms with van der Waals surface area (Å²) in [5, 5.41) is 11.6. The predicted molar refractivity (Wildman–Crippen MR) is 70.1 cm³/mol. The van der Waals surface area contributed by atoms with Crippen LogP contribution in [0.2, 0.25) is 0 Å². The fourth-order valence-corrected chi connectivity index (χ4v) is 1.69. The van der Waals surface area contributed by atoms with Crippen LogP contribution in [0.25, 0.3) is 0 Å². The van der Waals surface area contributed by atoms with Gasteiger partial charge in [0.15, 0.2) is 5.84 Å². The Morgan fingerprint density at radius 2 is 2.17 bits per heavy atom. The van der Waals surface area contributed by atoms with Crippen LogP contribution in [0.5, 0.6) is 0 Å². The predicted octanol–water partition coefficient (Wildman–Crippen LogP) is 2.09. The second-order valence-corrected chi connectivity index (χ2v) is 4.66. The quantitative estimate of drug-likeness (QED) is 0.365. The number of rotatable bonds is 5. The average Bonchev–Trinajstić information content (AvgIpc) is 2.32. The van der Waals surface area contributed by atoms with Crippen molar-refractivity contribution in [3.63, 3.8) is 0 Å². The highest BCUT2D eigenvalue weighted by atomic mass is 19.1. The molecule has 0 radical (unpaired) electrons. The number of amidine groups is 1. The lowest BCUT2D eigenvalue weighted by molar-refractivity contribution is 0.238. The normalized spacial score (nSPS) is 12.4. The van der Waals surface area contributed by atoms with Crippen LogP contribution < -0.4 is 5.73 Å². The van der Waals surface area contributed by atoms with Crippen LogP contribution >= 0.6 is 0 Å². The minimum Gasteiger partial charge on any atom is -0.409 e. The molecule has 0 saturated carbocycles. The molecule has 0 aliphatic carbocycles. The highest BCUT2D eigenvalue weighted by Gasteiger charge is 2.13. The third-order valence-corrected chi connectivity index (χ3v) is 2.91. The van der Waals surface area contributed by atoms with Crippen molar-refractivity contribution in [3.8, 4) is 0 Å². The Bertz CT molecular complexity index is 432. The number of benzene rings is 1. The average molecular weight is 253 g/mol. The molecule has 4 nitrogen and oxygen atoms in total. The third kappa shape index (κ3) is 4.00. The van der Waals surface area contributed by atoms with Crippen LogP contribution in [0, 0.1) is 12.7 Å². The number of aryl methyl sites for hydroxylation is 1. The first-order valence-corrected chi connectivity index (χ1v) is 5.89. The zero-order valence-electron chi connectivity index (χ0n) is 11.0. The Hall–Kier alpha value is -1.62. The summed E-state index contributed by atoms with van der Waals surface area (Å²) in [5.74, 6) is -0.0964. The van der Waals surface area contributed by atoms with Crippen LogP contribution in [0.3, 0.4) is 0 Å². The Kier molecular flexibility index (Phi) is 5.09. The molecule has 1 aromatic rings. The summed E-state index contributed by atoms with van der Waals surface area (Å²) in [5.41, 5.74) is 7.46. The van der Waals surface area contributed by atoms with Gasteiger partial charge < -0.3 is 10.9 Å². The van der Waals surface area contributed by atoms with Crippen molar-refractivity contribution >= 4 is 5.84 Å². The second-order valence-electron chi connectivity index (χ2n) is 4.66. The smallest absolute Gasteiger partial charge is 0.153 e. The van der Waals surface area contributed by atoms with Crippen LogP contribution in [0.4, 0.5) is 4.39 Å². The lowest BCUT2D eigenvalue weighted by Gasteiger charge is -2.26. The lowest BCUT2D eigenvalue weighted by Crippen LogP contribution is -2.38. The van der Waals surface area contributed by atoms with E-state index in [1.165, 1.54) is 12.1 Å². The molecule has 1 aromatic carbocycles. The first kappa shape index (κ1) is 14.4. The van der Waals surface area contributed by atoms with Gasteiger partial charge in [0.05, 0.1) is 6.54 Å². The van der Waals surface area contributed by atoms with Gasteiger partial charge in [-0.15, -0.1) is 0 Å². The molecule has 0 unspecified atom stereocenters. The van der Waals surface area contributed by atoms with Gasteiger partial charge in [-0.05, 0) is 44.0 Å². The minimum atomic E-state index is -0.247. The van der Waals surface area contributed by atoms with Crippen molar-refractivity contribution in [2.24, 2.45) is 10.9 Å². The number of nitrogens with two attached hydrogens (primary N) is 1. The monoisotopic (exact) mass is 253 g/mol. The molecular weight excluding hydrogens is 233 g/mol. The molecule has 0 aromatic heterocycles. The standard InChI is InChI=1S/C13H20FN3O/c1-9(2)17(8-13(15)16-18)7-11-6-12(14)5-4-10(11)3/h4-6,9,18H,7-8H2,1-3H3,(H2,15,16). The second kappa shape index (κ2) is 6.35. The van der Waals surface area contributed by atoms with E-state index in [9.17, 15) is 4.39 Å². The van der Waals surface area contributed by atoms with E-state index in [0.717, 1.165) is 11.1 Å². The highest BCUT2D eigenvalue weighted by Crippen LogP contribution is 2.14. The van der Waals surface area contributed by atoms with E-state index in [1.807, 2.05) is 25.7 Å². The highest BCUT2D eigenvalue weighted by molar-refractivity contribution is 5.81. The molecule has 0 atom stereocenters. The maximum Gasteiger partial charge on any atom is 0.153 e. The Morgan fingerprint density at radius 1 is 1.50 bits per heavy atom. The van der Waals surface area contributed by atoms with Crippen LogP contribution in [0.1, 0.15) is 25.0 Å². The summed E-state index contributed by atoms with van der Waals surface area (Å²) in [6.07, 6.45) is 0. The summed E-state index contributed by atoms with van der Waals surface area (Å²) in [6.45, 7) is 6.89. The van der Waals surface area contributed by atoms with Gasteiger partial charge in [0, 0.05) is 12.6 Å². The van der Waals surface area contributed by atoms with Gasteiger partial charge in [-0.1, -0.05) is 11.2 Å². The number of halogens is 1. The third-order valence-electron chi connectivity index (χ3n) is 2.91. The number of nitrogens with zero attached hydrogens (tertiary/aromatic N) is 2. The van der Waals surface area contributed by atoms with Crippen molar-refractivity contribution in [1.29, 1.82) is 0 Å². The van der Waals surface area contributed by atoms with Crippen LogP contribution in [0.15, 0.2) is 23.4 Å². The van der Waals surface area contributed by atoms with Crippen molar-refractivity contribution in [1.82, 2.24) is 4.90 Å². The Morgan fingerprint density at radius 3 is 2.72 bits per heavy atom. The van der Waals surface area contributed by atoms with E-state index in [-0.39, 0.29) is 17.7 Å². The maximum atomic E-state index is 13.2. The summed E-state index contributed by atoms with van der Waals surface area (Å²) >= 11 is 0. The first-order chi connectivity index (χ1) is 8.43. The number of hydrogen-bond donors (Lipinski definition) is 2. The zero-order chi connectivity index (χ0) is 13.7. The van der Waals surface area contributed by atoms with Gasteiger partial charge in [0.25, 0.3) is 0 Å². The summed E-state index contributed by atoms with van der Waals surface area (Å²) in [4.78, 5) is 2.01. The molecule has 100 valence electrons. The van der Waals surface area contributed by atoms with E-state index in [0.29, 0.717) is 13.1 Å². The SMILES string of the molecule is Cc1ccc(F)cc1CN(C/C(N)=N/O)C(C)C. The van der Waals surface area contributed by atoms with Crippen LogP contribution in [-0.2, 0) is 6.54 Å². The fourth-order valence-electron chi connectivity index (χ4n) is 1.69. The summed E-state index contributed by atoms with van der Waals surface area (Å²) < 4.78 is 13.2. The molecule has 0 amide bonds. The lowest BCUT2D eigenvalue weighted by atomic mass is 10.1. The fraction of sp³-hybridized carbons (Fsp3) is 0.462. The molecule has 0 bridgehead atoms. The molecule has 18 heavy (non-hydrogen) atoms. The van der Waals surface area contributed by atoms with E-state index in [2.05, 4.69) is 5.16 Å². The van der Waals surface area contributed by atoms with Gasteiger partial charge in [-0.3, -0.25) is 4.90 Å². The van der Waals surface area contributed by atoms with Crippen molar-refractivity contribution in [2.45, 2.75) is 33.4 Å². The molecule has 0 aliphatic rings. The largest absolute Gasteiger partial charge is 0.409 e. The van der Waals surface area contributed by atoms with Gasteiger partial charge in [-0.25, -0.2) is 4.39 Å². The molecular formula is C13H20FN3O. The maximum absolute atomic E-state index is 13.2. The first-order valence-electron chi connectivity index (χ1n) is 5.89. The number of hydrogen-bond acceptors (Lipinski definition) is 3. The van der Waals surface area contributed by atoms with Gasteiger partial charge >= 0.3 is 0 Å². The van der Waals surface area contributed by atoms with E-state index < -0.39 is 0 Å². The Labute approximate surface area is 107 Å². The molecule has 5 heteroatoms. The van der Waals surface area contributed by atoms with Crippen molar-refractivity contribution in [2.75, 3.05) is 6.54 Å². The molecule has 1 rings (SSSR count). The van der Waals surface area contributed by atoms with E-state index >= 15 is 0 Å². The number of oxime groups is 1. The molecule has 3 N–H and O–H groups in total. The van der Waals surface area contributed by atoms with Gasteiger partial charge in [0.2, 0.25) is 0 Å². The van der Waals surface area contributed by atoms with Gasteiger partial charge in [0.1, 0.15) is 5.82 Å². The minimum absolute atomic E-state index is 0.151. The molecule has 0 spiro atoms. The molecule has 0 heterocycles. The van der Waals surface area contributed by atoms with Crippen molar-refractivity contribution < 1.29 is 9.60 Å². The van der Waals surface area contributed by atoms with E-state index in [4.69, 9.17) is 10.9 Å². The summed E-state index contributed by atoms with van der Waals surface area (Å²) in [7, 11) is 0. The molecule has 0 saturated heterocycles. The topological polar surface area (TPSA) is 61.8 Å². The zero-order valence-corrected chi connectivity index (χ0v) is 11.0. The van der Waals surface area contributed by atoms with Gasteiger partial charge in [-0.2, -0.15) is 0 Å². The Balaban J connectivity index is 2.86. The van der Waals surface area contributed by atoms with Crippen molar-refractivity contribution in [3.05, 3.63) is 35.1 Å². The summed E-state index contributed by atoms with van der Waals surface area (Å²) in [6, 6.07) is 4.94. The van der Waals surface area contributed by atoms with Crippen LogP contribution in [-0.4, -0.2) is 28.5 Å².